The van der Waals surface area contributed by atoms with Crippen LogP contribution >= 0.6 is 11.6 Å². The standard InChI is InChI=1S/C15H22ClN3/c1-3-13-7-4-10(2)19(13)9-12-6-5-11(15(17)18)8-14(12)16/h5-6,8,10,13H,3-4,7,9H2,1-2H3,(H3,17,18). The highest BCUT2D eigenvalue weighted by molar-refractivity contribution is 6.31. The molecular formula is C15H22ClN3. The van der Waals surface area contributed by atoms with E-state index in [2.05, 4.69) is 18.7 Å². The molecule has 0 aliphatic carbocycles. The minimum absolute atomic E-state index is 0.0643. The van der Waals surface area contributed by atoms with Gasteiger partial charge in [-0.25, -0.2) is 0 Å². The summed E-state index contributed by atoms with van der Waals surface area (Å²) in [4.78, 5) is 2.54. The Kier molecular flexibility index (Phi) is 4.48. The van der Waals surface area contributed by atoms with Crippen molar-refractivity contribution in [2.45, 2.75) is 51.7 Å². The Bertz CT molecular complexity index is 472. The summed E-state index contributed by atoms with van der Waals surface area (Å²) in [5.41, 5.74) is 7.29. The van der Waals surface area contributed by atoms with Crippen molar-refractivity contribution in [3.05, 3.63) is 34.3 Å². The molecule has 0 bridgehead atoms. The Balaban J connectivity index is 2.17. The first-order chi connectivity index (χ1) is 9.02. The van der Waals surface area contributed by atoms with E-state index >= 15 is 0 Å². The van der Waals surface area contributed by atoms with Gasteiger partial charge in [-0.15, -0.1) is 0 Å². The largest absolute Gasteiger partial charge is 0.384 e. The fourth-order valence-electron chi connectivity index (χ4n) is 2.89. The van der Waals surface area contributed by atoms with Gasteiger partial charge < -0.3 is 5.73 Å². The fourth-order valence-corrected chi connectivity index (χ4v) is 3.13. The van der Waals surface area contributed by atoms with Gasteiger partial charge in [-0.05, 0) is 37.8 Å². The number of rotatable bonds is 4. The monoisotopic (exact) mass is 279 g/mol. The van der Waals surface area contributed by atoms with E-state index in [9.17, 15) is 0 Å². The molecule has 104 valence electrons. The molecule has 2 atom stereocenters. The molecule has 1 aliphatic rings. The van der Waals surface area contributed by atoms with Gasteiger partial charge in [-0.1, -0.05) is 30.7 Å². The molecule has 0 amide bonds. The molecule has 2 rings (SSSR count). The van der Waals surface area contributed by atoms with E-state index in [1.807, 2.05) is 12.1 Å². The van der Waals surface area contributed by atoms with Gasteiger partial charge in [0.05, 0.1) is 0 Å². The van der Waals surface area contributed by atoms with Crippen molar-refractivity contribution >= 4 is 17.4 Å². The molecule has 0 saturated carbocycles. The van der Waals surface area contributed by atoms with Crippen LogP contribution in [-0.4, -0.2) is 22.8 Å². The van der Waals surface area contributed by atoms with Crippen LogP contribution in [0.2, 0.25) is 5.02 Å². The van der Waals surface area contributed by atoms with E-state index in [1.165, 1.54) is 19.3 Å². The molecule has 1 aromatic carbocycles. The quantitative estimate of drug-likeness (QED) is 0.656. The van der Waals surface area contributed by atoms with E-state index in [0.717, 1.165) is 12.1 Å². The average Bonchev–Trinajstić information content (AvgIpc) is 2.72. The number of hydrogen-bond donors (Lipinski definition) is 2. The molecule has 0 radical (unpaired) electrons. The number of nitrogen functional groups attached to an aromatic ring is 1. The Morgan fingerprint density at radius 3 is 2.79 bits per heavy atom. The SMILES string of the molecule is CCC1CCC(C)N1Cc1ccc(C(=N)N)cc1Cl. The zero-order valence-electron chi connectivity index (χ0n) is 11.6. The van der Waals surface area contributed by atoms with Gasteiger partial charge >= 0.3 is 0 Å². The lowest BCUT2D eigenvalue weighted by molar-refractivity contribution is 0.189. The highest BCUT2D eigenvalue weighted by Gasteiger charge is 2.29. The molecule has 2 unspecified atom stereocenters. The Morgan fingerprint density at radius 1 is 1.47 bits per heavy atom. The van der Waals surface area contributed by atoms with Crippen LogP contribution in [0.4, 0.5) is 0 Å². The second-order valence-electron chi connectivity index (χ2n) is 5.38. The van der Waals surface area contributed by atoms with E-state index in [1.54, 1.807) is 6.07 Å². The average molecular weight is 280 g/mol. The summed E-state index contributed by atoms with van der Waals surface area (Å²) in [5.74, 6) is 0.0643. The van der Waals surface area contributed by atoms with Gasteiger partial charge in [0.1, 0.15) is 5.84 Å². The normalized spacial score (nSPS) is 23.7. The van der Waals surface area contributed by atoms with Crippen molar-refractivity contribution in [2.75, 3.05) is 0 Å². The minimum atomic E-state index is 0.0643. The van der Waals surface area contributed by atoms with Gasteiger partial charge in [0, 0.05) is 29.2 Å². The minimum Gasteiger partial charge on any atom is -0.384 e. The summed E-state index contributed by atoms with van der Waals surface area (Å²) in [5, 5.41) is 8.14. The molecule has 1 aromatic rings. The first kappa shape index (κ1) is 14.4. The zero-order valence-corrected chi connectivity index (χ0v) is 12.4. The predicted octanol–water partition coefficient (Wildman–Crippen LogP) is 3.39. The molecule has 1 fully saturated rings. The first-order valence-electron chi connectivity index (χ1n) is 6.91. The maximum atomic E-state index is 7.43. The third kappa shape index (κ3) is 3.10. The van der Waals surface area contributed by atoms with Crippen molar-refractivity contribution < 1.29 is 0 Å². The molecule has 1 saturated heterocycles. The van der Waals surface area contributed by atoms with E-state index in [-0.39, 0.29) is 5.84 Å². The van der Waals surface area contributed by atoms with Crippen LogP contribution < -0.4 is 5.73 Å². The van der Waals surface area contributed by atoms with Crippen LogP contribution in [0.5, 0.6) is 0 Å². The van der Waals surface area contributed by atoms with Crippen LogP contribution in [0.15, 0.2) is 18.2 Å². The number of likely N-dealkylation sites (tertiary alicyclic amines) is 1. The lowest BCUT2D eigenvalue weighted by Crippen LogP contribution is -2.33. The third-order valence-corrected chi connectivity index (χ3v) is 4.49. The molecule has 0 aromatic heterocycles. The zero-order chi connectivity index (χ0) is 14.0. The van der Waals surface area contributed by atoms with Gasteiger partial charge in [0.25, 0.3) is 0 Å². The Morgan fingerprint density at radius 2 is 2.21 bits per heavy atom. The number of hydrogen-bond acceptors (Lipinski definition) is 2. The van der Waals surface area contributed by atoms with E-state index in [4.69, 9.17) is 22.7 Å². The molecule has 3 N–H and O–H groups in total. The van der Waals surface area contributed by atoms with E-state index < -0.39 is 0 Å². The van der Waals surface area contributed by atoms with Crippen LogP contribution in [0.3, 0.4) is 0 Å². The molecule has 0 spiro atoms. The number of benzene rings is 1. The predicted molar refractivity (Wildman–Crippen MR) is 80.8 cm³/mol. The van der Waals surface area contributed by atoms with Crippen LogP contribution in [0.25, 0.3) is 0 Å². The number of nitrogens with one attached hydrogen (secondary N) is 1. The molecular weight excluding hydrogens is 258 g/mol. The van der Waals surface area contributed by atoms with Gasteiger partial charge in [0.15, 0.2) is 0 Å². The number of amidine groups is 1. The second kappa shape index (κ2) is 5.93. The summed E-state index contributed by atoms with van der Waals surface area (Å²) in [6.45, 7) is 5.42. The Hall–Kier alpha value is -1.06. The van der Waals surface area contributed by atoms with Crippen LogP contribution in [0, 0.1) is 5.41 Å². The Labute approximate surface area is 120 Å². The van der Waals surface area contributed by atoms with Crippen molar-refractivity contribution in [3.8, 4) is 0 Å². The van der Waals surface area contributed by atoms with Crippen molar-refractivity contribution in [1.29, 1.82) is 5.41 Å². The van der Waals surface area contributed by atoms with Gasteiger partial charge in [0.2, 0.25) is 0 Å². The summed E-state index contributed by atoms with van der Waals surface area (Å²) in [6.07, 6.45) is 3.73. The lowest BCUT2D eigenvalue weighted by atomic mass is 10.1. The summed E-state index contributed by atoms with van der Waals surface area (Å²) in [6, 6.07) is 6.95. The van der Waals surface area contributed by atoms with Crippen LogP contribution in [0.1, 0.15) is 44.2 Å². The topological polar surface area (TPSA) is 53.1 Å². The highest BCUT2D eigenvalue weighted by Crippen LogP contribution is 2.29. The van der Waals surface area contributed by atoms with Crippen molar-refractivity contribution in [1.82, 2.24) is 4.90 Å². The summed E-state index contributed by atoms with van der Waals surface area (Å²) < 4.78 is 0. The van der Waals surface area contributed by atoms with Crippen molar-refractivity contribution in [3.63, 3.8) is 0 Å². The molecule has 1 aliphatic heterocycles. The summed E-state index contributed by atoms with van der Waals surface area (Å²) in [7, 11) is 0. The fraction of sp³-hybridized carbons (Fsp3) is 0.533. The smallest absolute Gasteiger partial charge is 0.122 e. The molecule has 19 heavy (non-hydrogen) atoms. The summed E-state index contributed by atoms with van der Waals surface area (Å²) >= 11 is 6.31. The van der Waals surface area contributed by atoms with E-state index in [0.29, 0.717) is 22.7 Å². The number of nitrogens with two attached hydrogens (primary N) is 1. The first-order valence-corrected chi connectivity index (χ1v) is 7.29. The van der Waals surface area contributed by atoms with Gasteiger partial charge in [-0.3, -0.25) is 10.3 Å². The second-order valence-corrected chi connectivity index (χ2v) is 5.79. The van der Waals surface area contributed by atoms with Crippen molar-refractivity contribution in [2.24, 2.45) is 5.73 Å². The highest BCUT2D eigenvalue weighted by atomic mass is 35.5. The third-order valence-electron chi connectivity index (χ3n) is 4.14. The maximum Gasteiger partial charge on any atom is 0.122 e. The number of nitrogens with zero attached hydrogens (tertiary/aromatic N) is 1. The van der Waals surface area contributed by atoms with Crippen LogP contribution in [-0.2, 0) is 6.54 Å². The lowest BCUT2D eigenvalue weighted by Gasteiger charge is -2.28. The number of halogens is 1. The molecule has 4 heteroatoms. The molecule has 3 nitrogen and oxygen atoms in total. The maximum absolute atomic E-state index is 7.43. The molecule has 1 heterocycles. The van der Waals surface area contributed by atoms with Gasteiger partial charge in [-0.2, -0.15) is 0 Å².